The molecular weight excluding hydrogens is 306 g/mol. The first kappa shape index (κ1) is 14.1. The maximum atomic E-state index is 13.7. The Hall–Kier alpha value is -1.36. The Balaban J connectivity index is 2.43. The van der Waals surface area contributed by atoms with E-state index in [-0.39, 0.29) is 10.6 Å². The van der Waals surface area contributed by atoms with Gasteiger partial charge in [-0.25, -0.2) is 4.39 Å². The lowest BCUT2D eigenvalue weighted by molar-refractivity contribution is 0.626. The molecule has 0 radical (unpaired) electrons. The third kappa shape index (κ3) is 3.35. The van der Waals surface area contributed by atoms with E-state index in [1.54, 1.807) is 30.3 Å². The summed E-state index contributed by atoms with van der Waals surface area (Å²) in [6.07, 6.45) is 0. The predicted molar refractivity (Wildman–Crippen MR) is 82.0 cm³/mol. The van der Waals surface area contributed by atoms with Crippen LogP contribution in [0.4, 0.5) is 15.8 Å². The third-order valence-corrected chi connectivity index (χ3v) is 3.04. The second-order valence-electron chi connectivity index (χ2n) is 3.81. The van der Waals surface area contributed by atoms with E-state index >= 15 is 0 Å². The quantitative estimate of drug-likeness (QED) is 0.819. The SMILES string of the molecule is NC(=S)c1c(F)cccc1Nc1cc(Cl)cc(Cl)c1. The number of thiocarbonyl (C=S) groups is 1. The standard InChI is InChI=1S/C13H9Cl2FN2S/c14-7-4-8(15)6-9(5-7)18-11-3-1-2-10(16)12(11)13(17)19/h1-6,18H,(H2,17,19). The summed E-state index contributed by atoms with van der Waals surface area (Å²) in [6.45, 7) is 0. The molecule has 0 heterocycles. The van der Waals surface area contributed by atoms with E-state index in [9.17, 15) is 4.39 Å². The van der Waals surface area contributed by atoms with Crippen LogP contribution in [-0.2, 0) is 0 Å². The molecule has 0 fully saturated rings. The van der Waals surface area contributed by atoms with Crippen molar-refractivity contribution in [2.75, 3.05) is 5.32 Å². The summed E-state index contributed by atoms with van der Waals surface area (Å²) in [4.78, 5) is -0.0197. The van der Waals surface area contributed by atoms with Crippen LogP contribution in [0.5, 0.6) is 0 Å². The van der Waals surface area contributed by atoms with Gasteiger partial charge in [0.2, 0.25) is 0 Å². The van der Waals surface area contributed by atoms with Gasteiger partial charge in [0.15, 0.2) is 0 Å². The van der Waals surface area contributed by atoms with E-state index in [1.165, 1.54) is 6.07 Å². The monoisotopic (exact) mass is 314 g/mol. The van der Waals surface area contributed by atoms with Gasteiger partial charge in [-0.05, 0) is 30.3 Å². The first-order chi connectivity index (χ1) is 8.97. The molecule has 0 aliphatic rings. The van der Waals surface area contributed by atoms with Crippen molar-refractivity contribution >= 4 is 51.8 Å². The van der Waals surface area contributed by atoms with Crippen molar-refractivity contribution < 1.29 is 4.39 Å². The van der Waals surface area contributed by atoms with Crippen LogP contribution in [0.15, 0.2) is 36.4 Å². The van der Waals surface area contributed by atoms with Crippen molar-refractivity contribution in [3.8, 4) is 0 Å². The Bertz CT molecular complexity index is 626. The zero-order chi connectivity index (χ0) is 14.0. The van der Waals surface area contributed by atoms with Crippen LogP contribution < -0.4 is 11.1 Å². The summed E-state index contributed by atoms with van der Waals surface area (Å²) in [6, 6.07) is 9.47. The lowest BCUT2D eigenvalue weighted by atomic mass is 10.1. The Morgan fingerprint density at radius 2 is 1.79 bits per heavy atom. The van der Waals surface area contributed by atoms with Crippen molar-refractivity contribution in [2.24, 2.45) is 5.73 Å². The second kappa shape index (κ2) is 5.74. The van der Waals surface area contributed by atoms with Crippen LogP contribution in [-0.4, -0.2) is 4.99 Å². The molecule has 6 heteroatoms. The smallest absolute Gasteiger partial charge is 0.135 e. The van der Waals surface area contributed by atoms with E-state index in [0.29, 0.717) is 21.4 Å². The minimum atomic E-state index is -0.481. The molecule has 19 heavy (non-hydrogen) atoms. The summed E-state index contributed by atoms with van der Waals surface area (Å²) >= 11 is 16.7. The molecule has 98 valence electrons. The molecule has 0 saturated carbocycles. The van der Waals surface area contributed by atoms with E-state index < -0.39 is 5.82 Å². The molecule has 0 atom stereocenters. The van der Waals surface area contributed by atoms with E-state index in [0.717, 1.165) is 0 Å². The molecule has 0 bridgehead atoms. The minimum absolute atomic E-state index is 0.0197. The van der Waals surface area contributed by atoms with Crippen molar-refractivity contribution in [3.05, 3.63) is 57.8 Å². The van der Waals surface area contributed by atoms with Crippen LogP contribution in [0.2, 0.25) is 10.0 Å². The fraction of sp³-hybridized carbons (Fsp3) is 0. The van der Waals surface area contributed by atoms with Gasteiger partial charge in [0.1, 0.15) is 10.8 Å². The van der Waals surface area contributed by atoms with Crippen LogP contribution in [0.25, 0.3) is 0 Å². The summed E-state index contributed by atoms with van der Waals surface area (Å²) in [5.74, 6) is -0.481. The molecule has 0 unspecified atom stereocenters. The number of rotatable bonds is 3. The molecule has 0 spiro atoms. The fourth-order valence-electron chi connectivity index (χ4n) is 1.66. The predicted octanol–water partition coefficient (Wildman–Crippen LogP) is 4.51. The van der Waals surface area contributed by atoms with Gasteiger partial charge in [-0.3, -0.25) is 0 Å². The average Bonchev–Trinajstić information content (AvgIpc) is 2.26. The number of hydrogen-bond acceptors (Lipinski definition) is 2. The van der Waals surface area contributed by atoms with Crippen molar-refractivity contribution in [3.63, 3.8) is 0 Å². The zero-order valence-corrected chi connectivity index (χ0v) is 11.9. The number of nitrogens with two attached hydrogens (primary N) is 1. The molecule has 0 aliphatic heterocycles. The lowest BCUT2D eigenvalue weighted by Gasteiger charge is -2.12. The zero-order valence-electron chi connectivity index (χ0n) is 9.58. The van der Waals surface area contributed by atoms with Gasteiger partial charge in [-0.15, -0.1) is 0 Å². The number of nitrogens with one attached hydrogen (secondary N) is 1. The van der Waals surface area contributed by atoms with Gasteiger partial charge in [0.05, 0.1) is 11.3 Å². The molecule has 0 aliphatic carbocycles. The molecule has 0 saturated heterocycles. The Labute approximate surface area is 125 Å². The van der Waals surface area contributed by atoms with Crippen LogP contribution in [0, 0.1) is 5.82 Å². The summed E-state index contributed by atoms with van der Waals surface area (Å²) in [7, 11) is 0. The molecule has 0 aromatic heterocycles. The maximum Gasteiger partial charge on any atom is 0.135 e. The van der Waals surface area contributed by atoms with E-state index in [2.05, 4.69) is 5.32 Å². The Morgan fingerprint density at radius 1 is 1.16 bits per heavy atom. The molecule has 0 amide bonds. The van der Waals surface area contributed by atoms with Crippen molar-refractivity contribution in [1.82, 2.24) is 0 Å². The van der Waals surface area contributed by atoms with Gasteiger partial charge < -0.3 is 11.1 Å². The van der Waals surface area contributed by atoms with Gasteiger partial charge in [0.25, 0.3) is 0 Å². The first-order valence-corrected chi connectivity index (χ1v) is 6.45. The van der Waals surface area contributed by atoms with Crippen LogP contribution >= 0.6 is 35.4 Å². The number of benzene rings is 2. The number of hydrogen-bond donors (Lipinski definition) is 2. The molecule has 2 nitrogen and oxygen atoms in total. The number of halogens is 3. The third-order valence-electron chi connectivity index (χ3n) is 2.40. The molecular formula is C13H9Cl2FN2S. The normalized spacial score (nSPS) is 10.3. The minimum Gasteiger partial charge on any atom is -0.389 e. The molecule has 2 rings (SSSR count). The van der Waals surface area contributed by atoms with E-state index in [1.807, 2.05) is 0 Å². The highest BCUT2D eigenvalue weighted by Crippen LogP contribution is 2.27. The summed E-state index contributed by atoms with van der Waals surface area (Å²) < 4.78 is 13.7. The van der Waals surface area contributed by atoms with Gasteiger partial charge in [-0.1, -0.05) is 41.5 Å². The fourth-order valence-corrected chi connectivity index (χ4v) is 2.39. The maximum absolute atomic E-state index is 13.7. The van der Waals surface area contributed by atoms with Crippen LogP contribution in [0.3, 0.4) is 0 Å². The van der Waals surface area contributed by atoms with E-state index in [4.69, 9.17) is 41.2 Å². The molecule has 2 aromatic rings. The Kier molecular flexibility index (Phi) is 4.24. The van der Waals surface area contributed by atoms with Gasteiger partial charge >= 0.3 is 0 Å². The largest absolute Gasteiger partial charge is 0.389 e. The Morgan fingerprint density at radius 3 is 2.37 bits per heavy atom. The molecule has 3 N–H and O–H groups in total. The van der Waals surface area contributed by atoms with Gasteiger partial charge in [-0.2, -0.15) is 0 Å². The summed E-state index contributed by atoms with van der Waals surface area (Å²) in [5.41, 5.74) is 6.78. The summed E-state index contributed by atoms with van der Waals surface area (Å²) in [5, 5.41) is 3.95. The highest BCUT2D eigenvalue weighted by atomic mass is 35.5. The first-order valence-electron chi connectivity index (χ1n) is 5.29. The average molecular weight is 315 g/mol. The number of anilines is 2. The van der Waals surface area contributed by atoms with Gasteiger partial charge in [0, 0.05) is 15.7 Å². The lowest BCUT2D eigenvalue weighted by Crippen LogP contribution is -2.14. The van der Waals surface area contributed by atoms with Crippen molar-refractivity contribution in [2.45, 2.75) is 0 Å². The topological polar surface area (TPSA) is 38.0 Å². The highest BCUT2D eigenvalue weighted by molar-refractivity contribution is 7.80. The molecule has 2 aromatic carbocycles. The second-order valence-corrected chi connectivity index (χ2v) is 5.12. The van der Waals surface area contributed by atoms with Crippen LogP contribution in [0.1, 0.15) is 5.56 Å². The highest BCUT2D eigenvalue weighted by Gasteiger charge is 2.11. The van der Waals surface area contributed by atoms with Crippen molar-refractivity contribution in [1.29, 1.82) is 0 Å².